The molecule has 6 heteroatoms. The fraction of sp³-hybridized carbons (Fsp3) is 1.00. The van der Waals surface area contributed by atoms with Gasteiger partial charge in [-0.1, -0.05) is 0 Å². The molecule has 13 heavy (non-hydrogen) atoms. The molecule has 0 unspecified atom stereocenters. The van der Waals surface area contributed by atoms with Crippen LogP contribution in [0.25, 0.3) is 0 Å². The van der Waals surface area contributed by atoms with Crippen LogP contribution < -0.4 is 0 Å². The van der Waals surface area contributed by atoms with Crippen LogP contribution in [0.1, 0.15) is 6.92 Å². The number of aliphatic hydroxyl groups excluding tert-OH is 6. The minimum atomic E-state index is -1.49. The van der Waals surface area contributed by atoms with Crippen molar-refractivity contribution >= 4 is 0 Å². The van der Waals surface area contributed by atoms with Gasteiger partial charge in [-0.3, -0.25) is 0 Å². The van der Waals surface area contributed by atoms with Crippen LogP contribution in [0, 0.1) is 0 Å². The summed E-state index contributed by atoms with van der Waals surface area (Å²) >= 11 is 0. The fourth-order valence-electron chi connectivity index (χ4n) is 0.472. The Morgan fingerprint density at radius 2 is 1.08 bits per heavy atom. The molecule has 3 atom stereocenters. The maximum atomic E-state index is 8.77. The third-order valence-corrected chi connectivity index (χ3v) is 1.16. The molecule has 0 bridgehead atoms. The van der Waals surface area contributed by atoms with Crippen molar-refractivity contribution in [3.63, 3.8) is 0 Å². The molecular weight excluding hydrogens is 180 g/mol. The Labute approximate surface area is 76.7 Å². The van der Waals surface area contributed by atoms with Crippen molar-refractivity contribution in [1.82, 2.24) is 0 Å². The Hall–Kier alpha value is -0.240. The monoisotopic (exact) mass is 198 g/mol. The van der Waals surface area contributed by atoms with E-state index in [9.17, 15) is 0 Å². The lowest BCUT2D eigenvalue weighted by Crippen LogP contribution is -2.41. The highest BCUT2D eigenvalue weighted by Gasteiger charge is 2.22. The van der Waals surface area contributed by atoms with E-state index in [4.69, 9.17) is 30.6 Å². The Morgan fingerprint density at radius 3 is 1.23 bits per heavy atom. The van der Waals surface area contributed by atoms with Crippen LogP contribution in [0.4, 0.5) is 0 Å². The average Bonchev–Trinajstić information content (AvgIpc) is 2.15. The molecule has 0 heterocycles. The van der Waals surface area contributed by atoms with E-state index >= 15 is 0 Å². The molecule has 0 aromatic heterocycles. The van der Waals surface area contributed by atoms with Crippen molar-refractivity contribution in [2.45, 2.75) is 25.2 Å². The van der Waals surface area contributed by atoms with E-state index in [-0.39, 0.29) is 6.61 Å². The summed E-state index contributed by atoms with van der Waals surface area (Å²) in [5, 5.41) is 50.1. The van der Waals surface area contributed by atoms with E-state index < -0.39 is 31.5 Å². The molecule has 0 radical (unpaired) electrons. The summed E-state index contributed by atoms with van der Waals surface area (Å²) < 4.78 is 0. The Morgan fingerprint density at radius 1 is 0.846 bits per heavy atom. The number of rotatable bonds is 4. The molecule has 0 amide bonds. The lowest BCUT2D eigenvalue weighted by Gasteiger charge is -2.19. The van der Waals surface area contributed by atoms with Gasteiger partial charge in [0.2, 0.25) is 0 Å². The van der Waals surface area contributed by atoms with E-state index in [0.29, 0.717) is 0 Å². The highest BCUT2D eigenvalue weighted by atomic mass is 16.4. The topological polar surface area (TPSA) is 121 Å². The molecule has 0 saturated carbocycles. The molecule has 0 saturated heterocycles. The van der Waals surface area contributed by atoms with Gasteiger partial charge in [-0.2, -0.15) is 0 Å². The van der Waals surface area contributed by atoms with Crippen LogP contribution in [0.2, 0.25) is 0 Å². The van der Waals surface area contributed by atoms with Crippen molar-refractivity contribution in [3.05, 3.63) is 0 Å². The number of hydrogen-bond acceptors (Lipinski definition) is 6. The first-order valence-corrected chi connectivity index (χ1v) is 3.91. The van der Waals surface area contributed by atoms with E-state index in [0.717, 1.165) is 0 Å². The van der Waals surface area contributed by atoms with Crippen LogP contribution in [-0.4, -0.2) is 68.8 Å². The summed E-state index contributed by atoms with van der Waals surface area (Å²) in [5.41, 5.74) is 0. The van der Waals surface area contributed by atoms with E-state index in [1.165, 1.54) is 0 Å². The first kappa shape index (κ1) is 15.2. The highest BCUT2D eigenvalue weighted by Crippen LogP contribution is 1.97. The van der Waals surface area contributed by atoms with E-state index in [1.807, 2.05) is 0 Å². The largest absolute Gasteiger partial charge is 0.397 e. The predicted molar refractivity (Wildman–Crippen MR) is 45.0 cm³/mol. The van der Waals surface area contributed by atoms with Gasteiger partial charge in [-0.25, -0.2) is 0 Å². The lowest BCUT2D eigenvalue weighted by molar-refractivity contribution is -0.0900. The van der Waals surface area contributed by atoms with Gasteiger partial charge < -0.3 is 30.6 Å². The molecule has 0 aromatic carbocycles. The summed E-state index contributed by atoms with van der Waals surface area (Å²) in [6.45, 7) is 0.649. The molecule has 82 valence electrons. The minimum absolute atomic E-state index is 0.250. The van der Waals surface area contributed by atoms with E-state index in [1.54, 1.807) is 6.92 Å². The molecule has 0 rings (SSSR count). The van der Waals surface area contributed by atoms with Crippen LogP contribution in [-0.2, 0) is 0 Å². The van der Waals surface area contributed by atoms with Gasteiger partial charge in [0.1, 0.15) is 18.3 Å². The number of aliphatic hydroxyl groups is 6. The third-order valence-electron chi connectivity index (χ3n) is 1.16. The van der Waals surface area contributed by atoms with Crippen LogP contribution in [0.15, 0.2) is 0 Å². The van der Waals surface area contributed by atoms with Crippen LogP contribution in [0.3, 0.4) is 0 Å². The standard InChI is InChI=1S/C5H12O5.C2H6O/c6-1-3(8)5(10)4(9)2-7;1-2-3/h3-10H,1-2H2;3H,2H2,1H3/t3-,4+,5+;. The Balaban J connectivity index is 0. The number of hydrogen-bond donors (Lipinski definition) is 6. The zero-order valence-corrected chi connectivity index (χ0v) is 7.54. The molecular formula is C7H18O6. The van der Waals surface area contributed by atoms with Crippen molar-refractivity contribution in [1.29, 1.82) is 0 Å². The quantitative estimate of drug-likeness (QED) is 0.287. The van der Waals surface area contributed by atoms with Gasteiger partial charge in [0.05, 0.1) is 13.2 Å². The van der Waals surface area contributed by atoms with Crippen molar-refractivity contribution in [2.24, 2.45) is 0 Å². The minimum Gasteiger partial charge on any atom is -0.397 e. The van der Waals surface area contributed by atoms with Gasteiger partial charge in [0.15, 0.2) is 0 Å². The first-order valence-electron chi connectivity index (χ1n) is 3.91. The Bertz CT molecular complexity index is 89.0. The van der Waals surface area contributed by atoms with Gasteiger partial charge in [-0.05, 0) is 6.92 Å². The van der Waals surface area contributed by atoms with Crippen molar-refractivity contribution < 1.29 is 30.6 Å². The smallest absolute Gasteiger partial charge is 0.110 e. The molecule has 0 aliphatic carbocycles. The average molecular weight is 198 g/mol. The molecule has 6 nitrogen and oxygen atoms in total. The molecule has 6 N–H and O–H groups in total. The maximum Gasteiger partial charge on any atom is 0.110 e. The molecule has 0 spiro atoms. The van der Waals surface area contributed by atoms with Gasteiger partial charge >= 0.3 is 0 Å². The van der Waals surface area contributed by atoms with Crippen molar-refractivity contribution in [2.75, 3.05) is 19.8 Å². The fourth-order valence-corrected chi connectivity index (χ4v) is 0.472. The molecule has 0 fully saturated rings. The molecule has 0 aromatic rings. The summed E-state index contributed by atoms with van der Waals surface area (Å²) in [5.74, 6) is 0. The lowest BCUT2D eigenvalue weighted by atomic mass is 10.1. The molecule has 0 aliphatic rings. The van der Waals surface area contributed by atoms with Gasteiger partial charge in [0, 0.05) is 6.61 Å². The maximum absolute atomic E-state index is 8.77. The normalized spacial score (nSPS) is 16.8. The second-order valence-electron chi connectivity index (χ2n) is 2.31. The van der Waals surface area contributed by atoms with Crippen LogP contribution in [0.5, 0.6) is 0 Å². The Kier molecular flexibility index (Phi) is 11.5. The second-order valence-corrected chi connectivity index (χ2v) is 2.31. The SMILES string of the molecule is CCO.OC[C@@H](O)[C@H](O)[C@@H](O)CO. The summed E-state index contributed by atoms with van der Waals surface area (Å²) in [7, 11) is 0. The van der Waals surface area contributed by atoms with Gasteiger partial charge in [0.25, 0.3) is 0 Å². The highest BCUT2D eigenvalue weighted by molar-refractivity contribution is 4.73. The van der Waals surface area contributed by atoms with Crippen LogP contribution >= 0.6 is 0 Å². The zero-order valence-electron chi connectivity index (χ0n) is 7.54. The summed E-state index contributed by atoms with van der Waals surface area (Å²) in [6.07, 6.45) is -4.29. The van der Waals surface area contributed by atoms with Gasteiger partial charge in [-0.15, -0.1) is 0 Å². The summed E-state index contributed by atoms with van der Waals surface area (Å²) in [6, 6.07) is 0. The molecule has 0 aliphatic heterocycles. The predicted octanol–water partition coefficient (Wildman–Crippen LogP) is -2.95. The zero-order chi connectivity index (χ0) is 10.9. The van der Waals surface area contributed by atoms with Crippen molar-refractivity contribution in [3.8, 4) is 0 Å². The first-order chi connectivity index (χ1) is 6.04. The van der Waals surface area contributed by atoms with E-state index in [2.05, 4.69) is 0 Å². The summed E-state index contributed by atoms with van der Waals surface area (Å²) in [4.78, 5) is 0. The second kappa shape index (κ2) is 9.85. The third kappa shape index (κ3) is 8.10.